The van der Waals surface area contributed by atoms with E-state index in [-0.39, 0.29) is 5.91 Å². The van der Waals surface area contributed by atoms with Crippen molar-refractivity contribution in [1.29, 1.82) is 0 Å². The maximum absolute atomic E-state index is 11.5. The van der Waals surface area contributed by atoms with Crippen LogP contribution in [0.25, 0.3) is 0 Å². The highest BCUT2D eigenvalue weighted by molar-refractivity contribution is 7.16. The molecule has 1 aromatic rings. The lowest BCUT2D eigenvalue weighted by Gasteiger charge is -2.15. The van der Waals surface area contributed by atoms with Crippen molar-refractivity contribution in [3.63, 3.8) is 0 Å². The number of halogens is 1. The van der Waals surface area contributed by atoms with E-state index in [9.17, 15) is 4.79 Å². The van der Waals surface area contributed by atoms with Crippen molar-refractivity contribution in [3.05, 3.63) is 21.3 Å². The quantitative estimate of drug-likeness (QED) is 0.427. The van der Waals surface area contributed by atoms with Crippen LogP contribution < -0.4 is 10.6 Å². The molecule has 0 atom stereocenters. The highest BCUT2D eigenvalue weighted by atomic mass is 35.5. The van der Waals surface area contributed by atoms with E-state index >= 15 is 0 Å². The Morgan fingerprint density at radius 1 is 1.43 bits per heavy atom. The number of likely N-dealkylation sites (tertiary alicyclic amines) is 1. The topological polar surface area (TPSA) is 56.7 Å². The summed E-state index contributed by atoms with van der Waals surface area (Å²) in [7, 11) is 0. The van der Waals surface area contributed by atoms with Gasteiger partial charge in [0.1, 0.15) is 0 Å². The molecule has 0 aliphatic carbocycles. The molecule has 1 saturated heterocycles. The van der Waals surface area contributed by atoms with Crippen LogP contribution in [0.1, 0.15) is 31.1 Å². The van der Waals surface area contributed by atoms with Crippen LogP contribution in [-0.4, -0.2) is 49.5 Å². The van der Waals surface area contributed by atoms with Gasteiger partial charge in [0, 0.05) is 44.0 Å². The number of amides is 1. The van der Waals surface area contributed by atoms with Crippen molar-refractivity contribution in [2.24, 2.45) is 4.99 Å². The number of guanidine groups is 1. The minimum Gasteiger partial charge on any atom is -0.357 e. The number of rotatable bonds is 8. The minimum absolute atomic E-state index is 0.286. The normalized spacial score (nSPS) is 15.3. The van der Waals surface area contributed by atoms with E-state index in [1.807, 2.05) is 11.0 Å². The summed E-state index contributed by atoms with van der Waals surface area (Å²) in [5.41, 5.74) is 0. The Bertz CT molecular complexity index is 532. The predicted molar refractivity (Wildman–Crippen MR) is 97.4 cm³/mol. The Labute approximate surface area is 147 Å². The summed E-state index contributed by atoms with van der Waals surface area (Å²) in [6, 6.07) is 3.99. The summed E-state index contributed by atoms with van der Waals surface area (Å²) < 4.78 is 0.831. The number of nitrogens with zero attached hydrogens (tertiary/aromatic N) is 2. The van der Waals surface area contributed by atoms with E-state index in [1.165, 1.54) is 4.88 Å². The van der Waals surface area contributed by atoms with Crippen LogP contribution >= 0.6 is 22.9 Å². The number of carbonyl (C=O) groups excluding carboxylic acids is 1. The van der Waals surface area contributed by atoms with Gasteiger partial charge in [-0.2, -0.15) is 0 Å². The molecule has 1 aliphatic rings. The van der Waals surface area contributed by atoms with Gasteiger partial charge in [-0.15, -0.1) is 11.3 Å². The van der Waals surface area contributed by atoms with Gasteiger partial charge in [0.2, 0.25) is 5.91 Å². The lowest BCUT2D eigenvalue weighted by molar-refractivity contribution is -0.127. The first-order valence-corrected chi connectivity index (χ1v) is 9.42. The number of hydrogen-bond donors (Lipinski definition) is 2. The molecule has 0 bridgehead atoms. The fourth-order valence-corrected chi connectivity index (χ4v) is 3.61. The van der Waals surface area contributed by atoms with Crippen molar-refractivity contribution < 1.29 is 4.79 Å². The third-order valence-corrected chi connectivity index (χ3v) is 4.96. The third kappa shape index (κ3) is 6.39. The molecule has 2 rings (SSSR count). The van der Waals surface area contributed by atoms with Gasteiger partial charge in [0.25, 0.3) is 0 Å². The second-order valence-corrected chi connectivity index (χ2v) is 7.28. The third-order valence-electron chi connectivity index (χ3n) is 3.66. The molecule has 0 unspecified atom stereocenters. The van der Waals surface area contributed by atoms with Gasteiger partial charge < -0.3 is 15.5 Å². The molecule has 23 heavy (non-hydrogen) atoms. The molecule has 128 valence electrons. The first-order chi connectivity index (χ1) is 11.2. The average molecular weight is 357 g/mol. The van der Waals surface area contributed by atoms with E-state index in [2.05, 4.69) is 28.6 Å². The molecule has 0 radical (unpaired) electrons. The summed E-state index contributed by atoms with van der Waals surface area (Å²) in [6.45, 7) is 6.16. The average Bonchev–Trinajstić information content (AvgIpc) is 3.12. The Hall–Kier alpha value is -1.27. The fraction of sp³-hybridized carbons (Fsp3) is 0.625. The maximum Gasteiger partial charge on any atom is 0.222 e. The monoisotopic (exact) mass is 356 g/mol. The lowest BCUT2D eigenvalue weighted by Crippen LogP contribution is -2.38. The van der Waals surface area contributed by atoms with E-state index in [4.69, 9.17) is 11.6 Å². The van der Waals surface area contributed by atoms with Crippen LogP contribution in [0.4, 0.5) is 0 Å². The fourth-order valence-electron chi connectivity index (χ4n) is 2.52. The van der Waals surface area contributed by atoms with Crippen LogP contribution in [0, 0.1) is 0 Å². The second-order valence-electron chi connectivity index (χ2n) is 5.48. The second kappa shape index (κ2) is 9.78. The molecule has 0 aromatic carbocycles. The van der Waals surface area contributed by atoms with E-state index < -0.39 is 0 Å². The minimum atomic E-state index is 0.286. The first kappa shape index (κ1) is 18.1. The van der Waals surface area contributed by atoms with Gasteiger partial charge in [-0.3, -0.25) is 9.79 Å². The smallest absolute Gasteiger partial charge is 0.222 e. The Morgan fingerprint density at radius 3 is 2.96 bits per heavy atom. The molecule has 0 spiro atoms. The number of aliphatic imine (C=N–C) groups is 1. The zero-order valence-corrected chi connectivity index (χ0v) is 15.2. The van der Waals surface area contributed by atoms with Gasteiger partial charge in [0.15, 0.2) is 5.96 Å². The zero-order valence-electron chi connectivity index (χ0n) is 13.6. The van der Waals surface area contributed by atoms with Crippen LogP contribution in [0.3, 0.4) is 0 Å². The predicted octanol–water partition coefficient (Wildman–Crippen LogP) is 2.51. The van der Waals surface area contributed by atoms with Crippen LogP contribution in [0.2, 0.25) is 4.34 Å². The molecule has 1 fully saturated rings. The molecule has 5 nitrogen and oxygen atoms in total. The highest BCUT2D eigenvalue weighted by Crippen LogP contribution is 2.21. The summed E-state index contributed by atoms with van der Waals surface area (Å²) in [4.78, 5) is 19.3. The number of nitrogens with one attached hydrogen (secondary N) is 2. The Kier molecular flexibility index (Phi) is 7.68. The summed E-state index contributed by atoms with van der Waals surface area (Å²) in [6.07, 6.45) is 3.55. The van der Waals surface area contributed by atoms with Crippen molar-refractivity contribution >= 4 is 34.8 Å². The molecule has 1 amide bonds. The van der Waals surface area contributed by atoms with Crippen LogP contribution in [0.15, 0.2) is 17.1 Å². The van der Waals surface area contributed by atoms with Gasteiger partial charge in [0.05, 0.1) is 4.34 Å². The molecule has 2 N–H and O–H groups in total. The highest BCUT2D eigenvalue weighted by Gasteiger charge is 2.18. The molecular weight excluding hydrogens is 332 g/mol. The molecule has 7 heteroatoms. The van der Waals surface area contributed by atoms with E-state index in [0.29, 0.717) is 6.42 Å². The SMILES string of the molecule is CCNC(=NCCCN1CCCC1=O)NCCc1ccc(Cl)s1. The Balaban J connectivity index is 1.67. The lowest BCUT2D eigenvalue weighted by atomic mass is 10.3. The molecular formula is C16H25ClN4OS. The van der Waals surface area contributed by atoms with Gasteiger partial charge in [-0.25, -0.2) is 0 Å². The van der Waals surface area contributed by atoms with Crippen molar-refractivity contribution in [1.82, 2.24) is 15.5 Å². The van der Waals surface area contributed by atoms with Crippen molar-refractivity contribution in [3.8, 4) is 0 Å². The summed E-state index contributed by atoms with van der Waals surface area (Å²) >= 11 is 7.55. The molecule has 2 heterocycles. The largest absolute Gasteiger partial charge is 0.357 e. The number of carbonyl (C=O) groups is 1. The summed E-state index contributed by atoms with van der Waals surface area (Å²) in [5.74, 6) is 1.12. The summed E-state index contributed by atoms with van der Waals surface area (Å²) in [5, 5.41) is 6.58. The van der Waals surface area contributed by atoms with Gasteiger partial charge >= 0.3 is 0 Å². The van der Waals surface area contributed by atoms with Gasteiger partial charge in [-0.05, 0) is 38.3 Å². The van der Waals surface area contributed by atoms with Crippen molar-refractivity contribution in [2.75, 3.05) is 32.7 Å². The van der Waals surface area contributed by atoms with E-state index in [1.54, 1.807) is 11.3 Å². The van der Waals surface area contributed by atoms with Crippen molar-refractivity contribution in [2.45, 2.75) is 32.6 Å². The molecule has 1 aliphatic heterocycles. The van der Waals surface area contributed by atoms with Crippen LogP contribution in [-0.2, 0) is 11.2 Å². The first-order valence-electron chi connectivity index (χ1n) is 8.23. The molecule has 0 saturated carbocycles. The maximum atomic E-state index is 11.5. The zero-order chi connectivity index (χ0) is 16.5. The standard InChI is InChI=1S/C16H25ClN4OS/c1-2-18-16(20-10-8-13-6-7-14(17)23-13)19-9-4-12-21-11-3-5-15(21)22/h6-7H,2-5,8-12H2,1H3,(H2,18,19,20). The van der Waals surface area contributed by atoms with Gasteiger partial charge in [-0.1, -0.05) is 11.6 Å². The van der Waals surface area contributed by atoms with Crippen LogP contribution in [0.5, 0.6) is 0 Å². The number of hydrogen-bond acceptors (Lipinski definition) is 3. The Morgan fingerprint density at radius 2 is 2.30 bits per heavy atom. The molecule has 1 aromatic heterocycles. The van der Waals surface area contributed by atoms with E-state index in [0.717, 1.165) is 62.3 Å². The number of thiophene rings is 1.